The number of thiophene rings is 1. The first-order valence-corrected chi connectivity index (χ1v) is 7.09. The molecule has 2 heterocycles. The fraction of sp³-hybridized carbons (Fsp3) is 0.357. The third-order valence-electron chi connectivity index (χ3n) is 2.86. The van der Waals surface area contributed by atoms with Crippen molar-refractivity contribution in [3.05, 3.63) is 41.0 Å². The van der Waals surface area contributed by atoms with Crippen LogP contribution in [-0.2, 0) is 0 Å². The summed E-state index contributed by atoms with van der Waals surface area (Å²) in [6, 6.07) is 5.74. The number of hydrogen-bond acceptors (Lipinski definition) is 3. The Morgan fingerprint density at radius 1 is 1.47 bits per heavy atom. The van der Waals surface area contributed by atoms with Crippen molar-refractivity contribution in [1.82, 2.24) is 9.88 Å². The summed E-state index contributed by atoms with van der Waals surface area (Å²) in [6.07, 6.45) is 4.42. The summed E-state index contributed by atoms with van der Waals surface area (Å²) in [5, 5.41) is 12.7. The number of carbonyl (C=O) groups excluding carboxylic acids is 1. The van der Waals surface area contributed by atoms with Gasteiger partial charge < -0.3 is 15.0 Å². The van der Waals surface area contributed by atoms with Crippen LogP contribution in [0.2, 0.25) is 0 Å². The fourth-order valence-electron chi connectivity index (χ4n) is 1.89. The molecule has 2 aromatic rings. The standard InChI is InChI=1S/C14H18N2O2S/c1-10(5-8-17)15-13(18)12-9-11(2)19-14(12)16-6-3-4-7-16/h3-4,6-7,9-10,17H,5,8H2,1-2H3,(H,15,18). The molecule has 0 saturated carbocycles. The summed E-state index contributed by atoms with van der Waals surface area (Å²) in [4.78, 5) is 13.4. The smallest absolute Gasteiger partial charge is 0.254 e. The van der Waals surface area contributed by atoms with E-state index in [2.05, 4.69) is 5.32 Å². The molecule has 0 bridgehead atoms. The maximum absolute atomic E-state index is 12.3. The first kappa shape index (κ1) is 13.8. The molecule has 1 amide bonds. The summed E-state index contributed by atoms with van der Waals surface area (Å²) in [5.41, 5.74) is 0.684. The monoisotopic (exact) mass is 278 g/mol. The molecule has 2 rings (SSSR count). The molecule has 0 aliphatic rings. The normalized spacial score (nSPS) is 12.4. The lowest BCUT2D eigenvalue weighted by Gasteiger charge is -2.12. The zero-order chi connectivity index (χ0) is 13.8. The van der Waals surface area contributed by atoms with Crippen LogP contribution in [0.4, 0.5) is 0 Å². The van der Waals surface area contributed by atoms with Crippen LogP contribution in [0, 0.1) is 6.92 Å². The number of rotatable bonds is 5. The molecule has 2 N–H and O–H groups in total. The average Bonchev–Trinajstić information content (AvgIpc) is 2.97. The third-order valence-corrected chi connectivity index (χ3v) is 3.92. The molecule has 0 aliphatic carbocycles. The maximum Gasteiger partial charge on any atom is 0.254 e. The number of hydrogen-bond donors (Lipinski definition) is 2. The van der Waals surface area contributed by atoms with E-state index in [1.165, 1.54) is 0 Å². The predicted octanol–water partition coefficient (Wildman–Crippen LogP) is 2.35. The van der Waals surface area contributed by atoms with Gasteiger partial charge in [0.05, 0.1) is 5.56 Å². The quantitative estimate of drug-likeness (QED) is 0.882. The molecule has 0 spiro atoms. The number of carbonyl (C=O) groups is 1. The molecule has 5 heteroatoms. The van der Waals surface area contributed by atoms with Gasteiger partial charge >= 0.3 is 0 Å². The van der Waals surface area contributed by atoms with Crippen LogP contribution in [0.5, 0.6) is 0 Å². The van der Waals surface area contributed by atoms with Crippen LogP contribution < -0.4 is 5.32 Å². The topological polar surface area (TPSA) is 54.3 Å². The van der Waals surface area contributed by atoms with Crippen LogP contribution >= 0.6 is 11.3 Å². The van der Waals surface area contributed by atoms with E-state index in [0.717, 1.165) is 9.88 Å². The molecule has 0 fully saturated rings. The maximum atomic E-state index is 12.3. The second-order valence-electron chi connectivity index (χ2n) is 4.55. The van der Waals surface area contributed by atoms with Gasteiger partial charge in [0.15, 0.2) is 0 Å². The van der Waals surface area contributed by atoms with Crippen molar-refractivity contribution in [3.63, 3.8) is 0 Å². The zero-order valence-corrected chi connectivity index (χ0v) is 11.9. The first-order valence-electron chi connectivity index (χ1n) is 6.27. The largest absolute Gasteiger partial charge is 0.396 e. The number of aliphatic hydroxyl groups excluding tert-OH is 1. The van der Waals surface area contributed by atoms with Crippen molar-refractivity contribution >= 4 is 17.2 Å². The van der Waals surface area contributed by atoms with E-state index in [9.17, 15) is 4.79 Å². The molecule has 1 atom stereocenters. The van der Waals surface area contributed by atoms with E-state index >= 15 is 0 Å². The number of amides is 1. The van der Waals surface area contributed by atoms with Gasteiger partial charge in [0, 0.05) is 29.9 Å². The van der Waals surface area contributed by atoms with Gasteiger partial charge in [-0.3, -0.25) is 4.79 Å². The third kappa shape index (κ3) is 3.24. The van der Waals surface area contributed by atoms with Crippen molar-refractivity contribution in [1.29, 1.82) is 0 Å². The average molecular weight is 278 g/mol. The molecule has 0 radical (unpaired) electrons. The van der Waals surface area contributed by atoms with Crippen molar-refractivity contribution in [2.75, 3.05) is 6.61 Å². The number of aromatic nitrogens is 1. The molecule has 19 heavy (non-hydrogen) atoms. The van der Waals surface area contributed by atoms with E-state index in [1.54, 1.807) is 11.3 Å². The van der Waals surface area contributed by atoms with Gasteiger partial charge in [0.1, 0.15) is 5.00 Å². The van der Waals surface area contributed by atoms with Crippen molar-refractivity contribution in [2.45, 2.75) is 26.3 Å². The summed E-state index contributed by atoms with van der Waals surface area (Å²) in [7, 11) is 0. The van der Waals surface area contributed by atoms with Crippen LogP contribution in [0.1, 0.15) is 28.6 Å². The van der Waals surface area contributed by atoms with Gasteiger partial charge in [-0.15, -0.1) is 11.3 Å². The molecule has 0 aromatic carbocycles. The van der Waals surface area contributed by atoms with Gasteiger partial charge in [0.2, 0.25) is 0 Å². The molecular formula is C14H18N2O2S. The zero-order valence-electron chi connectivity index (χ0n) is 11.1. The predicted molar refractivity (Wildman–Crippen MR) is 77.0 cm³/mol. The van der Waals surface area contributed by atoms with Gasteiger partial charge in [-0.05, 0) is 38.5 Å². The molecule has 0 saturated heterocycles. The lowest BCUT2D eigenvalue weighted by atomic mass is 10.2. The van der Waals surface area contributed by atoms with Crippen molar-refractivity contribution in [2.24, 2.45) is 0 Å². The number of nitrogens with one attached hydrogen (secondary N) is 1. The van der Waals surface area contributed by atoms with Crippen LogP contribution in [0.3, 0.4) is 0 Å². The summed E-state index contributed by atoms with van der Waals surface area (Å²) in [5.74, 6) is -0.0889. The number of nitrogens with zero attached hydrogens (tertiary/aromatic N) is 1. The minimum absolute atomic E-state index is 0.0322. The SMILES string of the molecule is Cc1cc(C(=O)NC(C)CCO)c(-n2cccc2)s1. The Kier molecular flexibility index (Phi) is 4.39. The second kappa shape index (κ2) is 6.04. The van der Waals surface area contributed by atoms with Crippen LogP contribution in [0.15, 0.2) is 30.6 Å². The fourth-order valence-corrected chi connectivity index (χ4v) is 2.86. The van der Waals surface area contributed by atoms with E-state index in [0.29, 0.717) is 12.0 Å². The van der Waals surface area contributed by atoms with Gasteiger partial charge in [-0.25, -0.2) is 0 Å². The highest BCUT2D eigenvalue weighted by Crippen LogP contribution is 2.26. The van der Waals surface area contributed by atoms with Crippen molar-refractivity contribution < 1.29 is 9.90 Å². The van der Waals surface area contributed by atoms with Gasteiger partial charge in [-0.2, -0.15) is 0 Å². The van der Waals surface area contributed by atoms with Gasteiger partial charge in [-0.1, -0.05) is 0 Å². The Bertz CT molecular complexity index is 546. The Labute approximate surface area is 116 Å². The molecule has 4 nitrogen and oxygen atoms in total. The second-order valence-corrected chi connectivity index (χ2v) is 5.79. The molecule has 102 valence electrons. The highest BCUT2D eigenvalue weighted by molar-refractivity contribution is 7.14. The van der Waals surface area contributed by atoms with Crippen molar-refractivity contribution in [3.8, 4) is 5.00 Å². The minimum atomic E-state index is -0.0889. The first-order chi connectivity index (χ1) is 9.11. The summed E-state index contributed by atoms with van der Waals surface area (Å²) >= 11 is 1.59. The molecular weight excluding hydrogens is 260 g/mol. The minimum Gasteiger partial charge on any atom is -0.396 e. The molecule has 0 aliphatic heterocycles. The van der Waals surface area contributed by atoms with Crippen LogP contribution in [-0.4, -0.2) is 28.2 Å². The molecule has 2 aromatic heterocycles. The number of aliphatic hydroxyl groups is 1. The van der Waals surface area contributed by atoms with E-state index in [-0.39, 0.29) is 18.6 Å². The Morgan fingerprint density at radius 3 is 2.79 bits per heavy atom. The lowest BCUT2D eigenvalue weighted by Crippen LogP contribution is -2.33. The highest BCUT2D eigenvalue weighted by atomic mass is 32.1. The Morgan fingerprint density at radius 2 is 2.16 bits per heavy atom. The highest BCUT2D eigenvalue weighted by Gasteiger charge is 2.17. The van der Waals surface area contributed by atoms with E-state index in [1.807, 2.05) is 49.0 Å². The van der Waals surface area contributed by atoms with Gasteiger partial charge in [0.25, 0.3) is 5.91 Å². The Hall–Kier alpha value is -1.59. The lowest BCUT2D eigenvalue weighted by molar-refractivity contribution is 0.0935. The summed E-state index contributed by atoms with van der Waals surface area (Å²) < 4.78 is 1.95. The number of aryl methyl sites for hydroxylation is 1. The molecule has 1 unspecified atom stereocenters. The van der Waals surface area contributed by atoms with Crippen LogP contribution in [0.25, 0.3) is 5.00 Å². The van der Waals surface area contributed by atoms with E-state index < -0.39 is 0 Å². The van der Waals surface area contributed by atoms with E-state index in [4.69, 9.17) is 5.11 Å². The summed E-state index contributed by atoms with van der Waals surface area (Å²) in [6.45, 7) is 3.96. The Balaban J connectivity index is 2.22.